The minimum absolute atomic E-state index is 0.643. The van der Waals surface area contributed by atoms with Gasteiger partial charge in [-0.1, -0.05) is 164 Å². The number of rotatable bonds is 8. The van der Waals surface area contributed by atoms with Gasteiger partial charge in [-0.25, -0.2) is 4.99 Å². The quantitative estimate of drug-likeness (QED) is 0.0857. The van der Waals surface area contributed by atoms with Gasteiger partial charge in [-0.05, 0) is 127 Å². The van der Waals surface area contributed by atoms with Crippen molar-refractivity contribution in [3.8, 4) is 34.0 Å². The maximum absolute atomic E-state index is 9.99. The number of fused-ring (bicyclic) bond motifs is 6. The number of aliphatic imine (C=N–C) groups is 1. The second-order valence-corrected chi connectivity index (χ2v) is 15.8. The molecule has 0 bridgehead atoms. The Morgan fingerprint density at radius 2 is 1.10 bits per heavy atom. The number of nitriles is 1. The molecule has 0 aliphatic carbocycles. The van der Waals surface area contributed by atoms with Crippen molar-refractivity contribution in [2.45, 2.75) is 0 Å². The van der Waals surface area contributed by atoms with Crippen molar-refractivity contribution >= 4 is 71.6 Å². The van der Waals surface area contributed by atoms with Gasteiger partial charge in [0, 0.05) is 27.6 Å². The number of para-hydroxylation sites is 1. The van der Waals surface area contributed by atoms with Gasteiger partial charge in [0.1, 0.15) is 0 Å². The van der Waals surface area contributed by atoms with E-state index >= 15 is 0 Å². The van der Waals surface area contributed by atoms with E-state index in [1.807, 2.05) is 30.4 Å². The summed E-state index contributed by atoms with van der Waals surface area (Å²) in [5.74, 6) is 0. The van der Waals surface area contributed by atoms with E-state index in [0.29, 0.717) is 5.56 Å². The number of allylic oxidation sites excluding steroid dienone is 2. The third-order valence-corrected chi connectivity index (χ3v) is 12.1. The lowest BCUT2D eigenvalue weighted by molar-refractivity contribution is 1.18. The number of nitrogens with zero attached hydrogens (tertiary/aromatic N) is 3. The highest BCUT2D eigenvalue weighted by molar-refractivity contribution is 6.25. The fourth-order valence-electron chi connectivity index (χ4n) is 9.35. The molecule has 0 aliphatic heterocycles. The molecule has 11 aromatic rings. The second-order valence-electron chi connectivity index (χ2n) is 15.8. The van der Waals surface area contributed by atoms with Crippen LogP contribution in [0.25, 0.3) is 88.1 Å². The van der Waals surface area contributed by atoms with Crippen LogP contribution in [-0.2, 0) is 0 Å². The van der Waals surface area contributed by atoms with Gasteiger partial charge in [0.15, 0.2) is 0 Å². The van der Waals surface area contributed by atoms with Crippen LogP contribution < -0.4 is 0 Å². The van der Waals surface area contributed by atoms with E-state index in [2.05, 4.69) is 205 Å². The average Bonchev–Trinajstić information content (AvgIpc) is 3.67. The number of hydrogen-bond donors (Lipinski definition) is 0. The van der Waals surface area contributed by atoms with Gasteiger partial charge in [-0.15, -0.1) is 0 Å². The normalized spacial score (nSPS) is 11.9. The lowest BCUT2D eigenvalue weighted by Gasteiger charge is -2.20. The molecule has 0 unspecified atom stereocenters. The van der Waals surface area contributed by atoms with E-state index in [1.54, 1.807) is 6.08 Å². The summed E-state index contributed by atoms with van der Waals surface area (Å²) >= 11 is 0. The molecule has 0 saturated heterocycles. The standard InChI is InChI=1S/C60H39N3/c1-2-3-16-40-27-31-46(32-28-40)62-60(42-17-6-4-7-18-42)45-36-43-19-10-11-22-48(43)55(38-45)59-51-25-14-12-23-49(51)58(50-24-13-15-26-52(50)59)44-30-34-57-54(37-44)53-35-41(39-61)29-33-56(53)63(57)47-20-8-5-9-21-47/h2-38H,1H2/b16-3-,62-60?. The fourth-order valence-corrected chi connectivity index (χ4v) is 9.35. The fraction of sp³-hybridized carbons (Fsp3) is 0. The largest absolute Gasteiger partial charge is 0.309 e. The van der Waals surface area contributed by atoms with Crippen LogP contribution in [0.3, 0.4) is 0 Å². The molecular weight excluding hydrogens is 763 g/mol. The van der Waals surface area contributed by atoms with Crippen LogP contribution >= 0.6 is 0 Å². The van der Waals surface area contributed by atoms with Crippen molar-refractivity contribution < 1.29 is 0 Å². The number of aromatic nitrogens is 1. The molecule has 0 aliphatic rings. The highest BCUT2D eigenvalue weighted by atomic mass is 15.0. The van der Waals surface area contributed by atoms with Crippen LogP contribution in [0.1, 0.15) is 22.3 Å². The van der Waals surface area contributed by atoms with Crippen LogP contribution in [0, 0.1) is 11.3 Å². The molecule has 0 saturated carbocycles. The third kappa shape index (κ3) is 6.59. The predicted molar refractivity (Wildman–Crippen MR) is 266 cm³/mol. The average molecular weight is 802 g/mol. The van der Waals surface area contributed by atoms with Crippen LogP contribution in [0.4, 0.5) is 5.69 Å². The SMILES string of the molecule is C=C/C=C\c1ccc(N=C(c2ccccc2)c2cc(-c3c4ccccc4c(-c4ccc5c(c4)c4cc(C#N)ccc4n5-c4ccccc4)c4ccccc34)c3ccccc3c2)cc1. The summed E-state index contributed by atoms with van der Waals surface area (Å²) in [7, 11) is 0. The summed E-state index contributed by atoms with van der Waals surface area (Å²) in [6.45, 7) is 3.82. The summed E-state index contributed by atoms with van der Waals surface area (Å²) in [4.78, 5) is 5.37. The zero-order chi connectivity index (χ0) is 42.3. The van der Waals surface area contributed by atoms with E-state index in [9.17, 15) is 5.26 Å². The van der Waals surface area contributed by atoms with E-state index in [4.69, 9.17) is 4.99 Å². The molecule has 0 amide bonds. The first-order valence-electron chi connectivity index (χ1n) is 21.2. The molecule has 1 aromatic heterocycles. The zero-order valence-electron chi connectivity index (χ0n) is 34.4. The Morgan fingerprint density at radius 3 is 1.76 bits per heavy atom. The monoisotopic (exact) mass is 801 g/mol. The van der Waals surface area contributed by atoms with E-state index in [-0.39, 0.29) is 0 Å². The molecule has 3 nitrogen and oxygen atoms in total. The molecule has 0 spiro atoms. The molecule has 1 heterocycles. The maximum Gasteiger partial charge on any atom is 0.0991 e. The topological polar surface area (TPSA) is 41.1 Å². The van der Waals surface area contributed by atoms with Crippen molar-refractivity contribution in [2.75, 3.05) is 0 Å². The van der Waals surface area contributed by atoms with Gasteiger partial charge in [-0.3, -0.25) is 0 Å². The van der Waals surface area contributed by atoms with Gasteiger partial charge < -0.3 is 4.57 Å². The summed E-state index contributed by atoms with van der Waals surface area (Å²) < 4.78 is 2.30. The van der Waals surface area contributed by atoms with Gasteiger partial charge in [0.2, 0.25) is 0 Å². The molecule has 3 heteroatoms. The molecule has 63 heavy (non-hydrogen) atoms. The molecule has 0 atom stereocenters. The van der Waals surface area contributed by atoms with Crippen molar-refractivity contribution in [3.05, 3.63) is 247 Å². The smallest absolute Gasteiger partial charge is 0.0991 e. The summed E-state index contributed by atoms with van der Waals surface area (Å²) in [6, 6.07) is 75.6. The van der Waals surface area contributed by atoms with Gasteiger partial charge in [-0.2, -0.15) is 5.26 Å². The lowest BCUT2D eigenvalue weighted by atomic mass is 9.83. The Bertz CT molecular complexity index is 3620. The first kappa shape index (κ1) is 37.4. The highest BCUT2D eigenvalue weighted by Gasteiger charge is 2.21. The molecule has 0 N–H and O–H groups in total. The third-order valence-electron chi connectivity index (χ3n) is 12.1. The summed E-state index contributed by atoms with van der Waals surface area (Å²) in [5, 5.41) is 19.2. The molecule has 11 rings (SSSR count). The Balaban J connectivity index is 1.17. The first-order chi connectivity index (χ1) is 31.2. The molecule has 0 fully saturated rings. The second kappa shape index (κ2) is 15.8. The summed E-state index contributed by atoms with van der Waals surface area (Å²) in [6.07, 6.45) is 5.78. The van der Waals surface area contributed by atoms with Crippen molar-refractivity contribution in [2.24, 2.45) is 4.99 Å². The zero-order valence-corrected chi connectivity index (χ0v) is 34.4. The van der Waals surface area contributed by atoms with Crippen molar-refractivity contribution in [1.82, 2.24) is 4.57 Å². The van der Waals surface area contributed by atoms with Crippen molar-refractivity contribution in [1.29, 1.82) is 5.26 Å². The Morgan fingerprint density at radius 1 is 0.508 bits per heavy atom. The van der Waals surface area contributed by atoms with Crippen molar-refractivity contribution in [3.63, 3.8) is 0 Å². The van der Waals surface area contributed by atoms with Gasteiger partial charge in [0.05, 0.1) is 34.1 Å². The van der Waals surface area contributed by atoms with Gasteiger partial charge >= 0.3 is 0 Å². The highest BCUT2D eigenvalue weighted by Crippen LogP contribution is 2.47. The number of benzene rings is 10. The minimum atomic E-state index is 0.643. The Labute approximate surface area is 366 Å². The Kier molecular flexibility index (Phi) is 9.38. The summed E-state index contributed by atoms with van der Waals surface area (Å²) in [5.41, 5.74) is 13.5. The van der Waals surface area contributed by atoms with Crippen LogP contribution in [0.5, 0.6) is 0 Å². The first-order valence-corrected chi connectivity index (χ1v) is 21.2. The Hall–Kier alpha value is -8.58. The molecular formula is C60H39N3. The molecule has 10 aromatic carbocycles. The molecule has 0 radical (unpaired) electrons. The van der Waals surface area contributed by atoms with E-state index < -0.39 is 0 Å². The molecule has 294 valence electrons. The van der Waals surface area contributed by atoms with E-state index in [1.165, 1.54) is 38.1 Å². The predicted octanol–water partition coefficient (Wildman–Crippen LogP) is 15.8. The van der Waals surface area contributed by atoms with E-state index in [0.717, 1.165) is 72.1 Å². The van der Waals surface area contributed by atoms with Crippen LogP contribution in [0.15, 0.2) is 230 Å². The maximum atomic E-state index is 9.99. The van der Waals surface area contributed by atoms with Gasteiger partial charge in [0.25, 0.3) is 0 Å². The minimum Gasteiger partial charge on any atom is -0.309 e. The lowest BCUT2D eigenvalue weighted by Crippen LogP contribution is -2.04. The number of hydrogen-bond acceptors (Lipinski definition) is 2. The van der Waals surface area contributed by atoms with Crippen LogP contribution in [0.2, 0.25) is 0 Å². The van der Waals surface area contributed by atoms with Crippen LogP contribution in [-0.4, -0.2) is 10.3 Å².